The van der Waals surface area contributed by atoms with E-state index in [4.69, 9.17) is 0 Å². The minimum atomic E-state index is -4.52. The summed E-state index contributed by atoms with van der Waals surface area (Å²) in [5.41, 5.74) is 0.617. The van der Waals surface area contributed by atoms with Crippen LogP contribution >= 0.6 is 0 Å². The molecule has 2 atom stereocenters. The Labute approximate surface area is 148 Å². The lowest BCUT2D eigenvalue weighted by atomic mass is 9.85. The quantitative estimate of drug-likeness (QED) is 0.774. The maximum atomic E-state index is 14.3. The van der Waals surface area contributed by atoms with Crippen LogP contribution in [0.25, 0.3) is 0 Å². The van der Waals surface area contributed by atoms with E-state index in [2.05, 4.69) is 5.32 Å². The molecule has 0 spiro atoms. The van der Waals surface area contributed by atoms with Crippen LogP contribution in [-0.4, -0.2) is 26.5 Å². The summed E-state index contributed by atoms with van der Waals surface area (Å²) in [4.78, 5) is 10.6. The molecule has 2 unspecified atom stereocenters. The molecule has 10 heteroatoms. The van der Waals surface area contributed by atoms with Crippen molar-refractivity contribution in [1.82, 2.24) is 4.72 Å². The highest BCUT2D eigenvalue weighted by molar-refractivity contribution is 7.89. The normalized spacial score (nSPS) is 24.1. The zero-order valence-corrected chi connectivity index (χ0v) is 14.5. The molecule has 1 aromatic rings. The smallest absolute Gasteiger partial charge is 0.326 e. The van der Waals surface area contributed by atoms with Crippen molar-refractivity contribution >= 4 is 21.6 Å². The van der Waals surface area contributed by atoms with Gasteiger partial charge in [0.05, 0.1) is 5.92 Å². The van der Waals surface area contributed by atoms with Crippen LogP contribution in [0.3, 0.4) is 0 Å². The van der Waals surface area contributed by atoms with Crippen LogP contribution in [0.15, 0.2) is 17.0 Å². The van der Waals surface area contributed by atoms with Crippen LogP contribution in [0.4, 0.5) is 23.2 Å². The fraction of sp³-hybridized carbons (Fsp3) is 0.562. The van der Waals surface area contributed by atoms with Gasteiger partial charge in [-0.2, -0.15) is 13.2 Å². The average Bonchev–Trinajstić information content (AvgIpc) is 2.53. The average molecular weight is 394 g/mol. The number of carbonyl (C=O) groups excluding carboxylic acids is 1. The summed E-state index contributed by atoms with van der Waals surface area (Å²) in [5, 5.41) is 2.44. The van der Waals surface area contributed by atoms with Gasteiger partial charge in [-0.3, -0.25) is 4.79 Å². The fourth-order valence-electron chi connectivity index (χ4n) is 3.51. The van der Waals surface area contributed by atoms with E-state index in [1.807, 2.05) is 4.72 Å². The Kier molecular flexibility index (Phi) is 5.00. The number of anilines is 1. The monoisotopic (exact) mass is 394 g/mol. The summed E-state index contributed by atoms with van der Waals surface area (Å²) in [6, 6.07) is 0.657. The molecule has 26 heavy (non-hydrogen) atoms. The molecule has 0 aromatic heterocycles. The maximum absolute atomic E-state index is 14.3. The number of alkyl halides is 3. The molecule has 1 aliphatic carbocycles. The molecule has 1 aliphatic heterocycles. The number of fused-ring (bicyclic) bond motifs is 1. The number of aryl methyl sites for hydroxylation is 1. The Morgan fingerprint density at radius 1 is 1.12 bits per heavy atom. The largest absolute Gasteiger partial charge is 0.393 e. The number of rotatable bonds is 3. The maximum Gasteiger partial charge on any atom is 0.393 e. The number of halogens is 4. The van der Waals surface area contributed by atoms with Crippen molar-refractivity contribution in [2.45, 2.75) is 55.6 Å². The van der Waals surface area contributed by atoms with Crippen molar-refractivity contribution in [1.29, 1.82) is 0 Å². The molecule has 0 saturated heterocycles. The van der Waals surface area contributed by atoms with E-state index in [-0.39, 0.29) is 37.3 Å². The van der Waals surface area contributed by atoms with Gasteiger partial charge in [0.15, 0.2) is 0 Å². The molecule has 2 N–H and O–H groups in total. The predicted molar refractivity (Wildman–Crippen MR) is 85.5 cm³/mol. The minimum absolute atomic E-state index is 0.0476. The van der Waals surface area contributed by atoms with E-state index in [0.29, 0.717) is 18.4 Å². The summed E-state index contributed by atoms with van der Waals surface area (Å²) in [5.74, 6) is -3.20. The topological polar surface area (TPSA) is 75.3 Å². The van der Waals surface area contributed by atoms with Crippen LogP contribution in [0.1, 0.15) is 37.7 Å². The third-order valence-corrected chi connectivity index (χ3v) is 6.34. The van der Waals surface area contributed by atoms with Crippen LogP contribution in [0.5, 0.6) is 0 Å². The van der Waals surface area contributed by atoms with Gasteiger partial charge < -0.3 is 5.32 Å². The molecule has 5 nitrogen and oxygen atoms in total. The third-order valence-electron chi connectivity index (χ3n) is 4.84. The zero-order valence-electron chi connectivity index (χ0n) is 13.7. The van der Waals surface area contributed by atoms with E-state index in [1.54, 1.807) is 0 Å². The molecule has 0 radical (unpaired) electrons. The van der Waals surface area contributed by atoms with E-state index in [0.717, 1.165) is 12.1 Å². The summed E-state index contributed by atoms with van der Waals surface area (Å²) in [7, 11) is -4.47. The molecule has 1 saturated carbocycles. The molecule has 1 aromatic carbocycles. The summed E-state index contributed by atoms with van der Waals surface area (Å²) in [6.45, 7) is 0. The number of nitrogens with one attached hydrogen (secondary N) is 2. The second-order valence-electron chi connectivity index (χ2n) is 6.65. The Bertz CT molecular complexity index is 824. The molecular formula is C16H18F4N2O3S. The number of hydrogen-bond donors (Lipinski definition) is 2. The molecule has 3 rings (SSSR count). The van der Waals surface area contributed by atoms with Crippen LogP contribution in [0, 0.1) is 11.7 Å². The van der Waals surface area contributed by atoms with Crippen LogP contribution < -0.4 is 10.0 Å². The lowest BCUT2D eigenvalue weighted by molar-refractivity contribution is -0.187. The minimum Gasteiger partial charge on any atom is -0.326 e. The second-order valence-corrected chi connectivity index (χ2v) is 8.33. The van der Waals surface area contributed by atoms with Gasteiger partial charge >= 0.3 is 6.18 Å². The SMILES string of the molecule is O=C1CCc2cc(S(=O)(=O)NC3CCCCC3C(F)(F)F)c(F)cc2N1. The van der Waals surface area contributed by atoms with Crippen molar-refractivity contribution in [2.24, 2.45) is 5.92 Å². The zero-order chi connectivity index (χ0) is 19.1. The van der Waals surface area contributed by atoms with Gasteiger partial charge in [0, 0.05) is 18.2 Å². The number of benzene rings is 1. The van der Waals surface area contributed by atoms with Crippen molar-refractivity contribution in [3.63, 3.8) is 0 Å². The van der Waals surface area contributed by atoms with Gasteiger partial charge in [0.25, 0.3) is 0 Å². The molecular weight excluding hydrogens is 376 g/mol. The van der Waals surface area contributed by atoms with Crippen LogP contribution in [-0.2, 0) is 21.2 Å². The van der Waals surface area contributed by atoms with Crippen molar-refractivity contribution in [3.8, 4) is 0 Å². The number of carbonyl (C=O) groups is 1. The number of amides is 1. The molecule has 1 heterocycles. The molecule has 1 fully saturated rings. The van der Waals surface area contributed by atoms with Crippen molar-refractivity contribution in [2.75, 3.05) is 5.32 Å². The summed E-state index contributed by atoms with van der Waals surface area (Å²) in [6.07, 6.45) is -3.43. The summed E-state index contributed by atoms with van der Waals surface area (Å²) >= 11 is 0. The Balaban J connectivity index is 1.89. The summed E-state index contributed by atoms with van der Waals surface area (Å²) < 4.78 is 80.9. The van der Waals surface area contributed by atoms with E-state index in [1.165, 1.54) is 0 Å². The first-order valence-electron chi connectivity index (χ1n) is 8.29. The van der Waals surface area contributed by atoms with Gasteiger partial charge in [0.1, 0.15) is 10.7 Å². The molecule has 1 amide bonds. The van der Waals surface area contributed by atoms with E-state index < -0.39 is 38.9 Å². The predicted octanol–water partition coefficient (Wildman–Crippen LogP) is 3.11. The van der Waals surface area contributed by atoms with Gasteiger partial charge in [0.2, 0.25) is 15.9 Å². The molecule has 0 bridgehead atoms. The number of sulfonamides is 1. The lowest BCUT2D eigenvalue weighted by Crippen LogP contribution is -2.47. The Morgan fingerprint density at radius 3 is 2.50 bits per heavy atom. The van der Waals surface area contributed by atoms with Gasteiger partial charge in [-0.25, -0.2) is 17.5 Å². The van der Waals surface area contributed by atoms with Gasteiger partial charge in [-0.05, 0) is 37.0 Å². The Hall–Kier alpha value is -1.68. The highest BCUT2D eigenvalue weighted by Gasteiger charge is 2.46. The van der Waals surface area contributed by atoms with E-state index in [9.17, 15) is 30.8 Å². The fourth-order valence-corrected chi connectivity index (χ4v) is 4.93. The van der Waals surface area contributed by atoms with Crippen LogP contribution in [0.2, 0.25) is 0 Å². The van der Waals surface area contributed by atoms with E-state index >= 15 is 0 Å². The molecule has 144 valence electrons. The first-order chi connectivity index (χ1) is 12.1. The van der Waals surface area contributed by atoms with Gasteiger partial charge in [-0.15, -0.1) is 0 Å². The third kappa shape index (κ3) is 3.85. The highest BCUT2D eigenvalue weighted by atomic mass is 32.2. The number of hydrogen-bond acceptors (Lipinski definition) is 3. The Morgan fingerprint density at radius 2 is 1.81 bits per heavy atom. The second kappa shape index (κ2) is 6.80. The first kappa shape index (κ1) is 19.1. The highest BCUT2D eigenvalue weighted by Crippen LogP contribution is 2.38. The molecule has 2 aliphatic rings. The standard InChI is InChI=1S/C16H18F4N2O3S/c17-11-8-13-9(5-6-15(23)21-13)7-14(11)26(24,25)22-12-4-2-1-3-10(12)16(18,19)20/h7-8,10,12,22H,1-6H2,(H,21,23). The first-order valence-corrected chi connectivity index (χ1v) is 9.77. The van der Waals surface area contributed by atoms with Crippen molar-refractivity contribution < 1.29 is 30.8 Å². The lowest BCUT2D eigenvalue weighted by Gasteiger charge is -2.33. The van der Waals surface area contributed by atoms with Crippen molar-refractivity contribution in [3.05, 3.63) is 23.5 Å². The van der Waals surface area contributed by atoms with Gasteiger partial charge in [-0.1, -0.05) is 12.8 Å².